The van der Waals surface area contributed by atoms with Crippen molar-refractivity contribution in [3.8, 4) is 17.0 Å². The Balaban J connectivity index is 1.71. The minimum Gasteiger partial charge on any atom is -0.497 e. The van der Waals surface area contributed by atoms with Crippen LogP contribution in [0.1, 0.15) is 11.1 Å². The van der Waals surface area contributed by atoms with E-state index < -0.39 is 0 Å². The molecule has 0 bridgehead atoms. The Morgan fingerprint density at radius 2 is 1.93 bits per heavy atom. The fourth-order valence-corrected chi connectivity index (χ4v) is 3.07. The maximum atomic E-state index is 9.33. The first-order chi connectivity index (χ1) is 13.2. The van der Waals surface area contributed by atoms with Gasteiger partial charge in [0.15, 0.2) is 11.5 Å². The number of aliphatic hydroxyl groups excluding tert-OH is 1. The molecule has 6 nitrogen and oxygen atoms in total. The van der Waals surface area contributed by atoms with Gasteiger partial charge in [0.05, 0.1) is 25.6 Å². The largest absolute Gasteiger partial charge is 0.497 e. The highest BCUT2D eigenvalue weighted by Gasteiger charge is 2.11. The molecule has 0 aliphatic heterocycles. The average molecular weight is 360 g/mol. The second kappa shape index (κ2) is 7.09. The maximum Gasteiger partial charge on any atom is 0.180 e. The normalized spacial score (nSPS) is 10.9. The molecule has 0 fully saturated rings. The number of hydrogen-bond donors (Lipinski definition) is 2. The van der Waals surface area contributed by atoms with Crippen LogP contribution in [0.25, 0.3) is 16.9 Å². The van der Waals surface area contributed by atoms with Crippen molar-refractivity contribution in [2.24, 2.45) is 0 Å². The summed E-state index contributed by atoms with van der Waals surface area (Å²) in [5, 5.41) is 12.7. The monoisotopic (exact) mass is 360 g/mol. The van der Waals surface area contributed by atoms with Gasteiger partial charge < -0.3 is 15.2 Å². The molecular weight excluding hydrogens is 340 g/mol. The summed E-state index contributed by atoms with van der Waals surface area (Å²) < 4.78 is 7.23. The Morgan fingerprint density at radius 3 is 2.63 bits per heavy atom. The average Bonchev–Trinajstić information content (AvgIpc) is 3.13. The number of benzene rings is 2. The van der Waals surface area contributed by atoms with Crippen molar-refractivity contribution in [1.82, 2.24) is 14.4 Å². The molecule has 2 heterocycles. The summed E-state index contributed by atoms with van der Waals surface area (Å²) in [6.07, 6.45) is 5.48. The molecule has 2 aromatic carbocycles. The molecule has 0 aliphatic carbocycles. The molecule has 6 heteroatoms. The van der Waals surface area contributed by atoms with Gasteiger partial charge in [-0.25, -0.2) is 9.97 Å². The number of aromatic nitrogens is 3. The van der Waals surface area contributed by atoms with Crippen molar-refractivity contribution < 1.29 is 9.84 Å². The number of nitrogens with zero attached hydrogens (tertiary/aromatic N) is 3. The lowest BCUT2D eigenvalue weighted by Crippen LogP contribution is -1.99. The lowest BCUT2D eigenvalue weighted by molar-refractivity contribution is 0.281. The van der Waals surface area contributed by atoms with Gasteiger partial charge in [-0.05, 0) is 54.4 Å². The quantitative estimate of drug-likeness (QED) is 0.564. The number of rotatable bonds is 5. The van der Waals surface area contributed by atoms with Crippen molar-refractivity contribution in [1.29, 1.82) is 0 Å². The summed E-state index contributed by atoms with van der Waals surface area (Å²) >= 11 is 0. The molecule has 0 unspecified atom stereocenters. The van der Waals surface area contributed by atoms with Gasteiger partial charge in [0.1, 0.15) is 5.75 Å². The summed E-state index contributed by atoms with van der Waals surface area (Å²) in [6.45, 7) is 2.01. The fraction of sp³-hybridized carbons (Fsp3) is 0.143. The lowest BCUT2D eigenvalue weighted by atomic mass is 10.1. The molecule has 0 radical (unpaired) electrons. The molecule has 2 N–H and O–H groups in total. The van der Waals surface area contributed by atoms with Gasteiger partial charge in [0.25, 0.3) is 0 Å². The van der Waals surface area contributed by atoms with Gasteiger partial charge in [0, 0.05) is 23.6 Å². The fourth-order valence-electron chi connectivity index (χ4n) is 3.07. The number of aryl methyl sites for hydroxylation is 1. The van der Waals surface area contributed by atoms with E-state index >= 15 is 0 Å². The van der Waals surface area contributed by atoms with Crippen LogP contribution < -0.4 is 10.1 Å². The van der Waals surface area contributed by atoms with Crippen molar-refractivity contribution in [2.75, 3.05) is 12.4 Å². The van der Waals surface area contributed by atoms with Crippen LogP contribution >= 0.6 is 0 Å². The molecular formula is C21H20N4O2. The van der Waals surface area contributed by atoms with Crippen LogP contribution in [-0.4, -0.2) is 26.6 Å². The van der Waals surface area contributed by atoms with Crippen LogP contribution in [0.3, 0.4) is 0 Å². The van der Waals surface area contributed by atoms with E-state index in [-0.39, 0.29) is 6.61 Å². The smallest absolute Gasteiger partial charge is 0.180 e. The number of imidazole rings is 1. The zero-order valence-corrected chi connectivity index (χ0v) is 15.2. The number of methoxy groups -OCH3 is 1. The predicted octanol–water partition coefficient (Wildman–Crippen LogP) is 3.95. The number of fused-ring (bicyclic) bond motifs is 1. The molecule has 4 aromatic rings. The summed E-state index contributed by atoms with van der Waals surface area (Å²) in [7, 11) is 1.65. The molecule has 136 valence electrons. The Bertz CT molecular complexity index is 1090. The van der Waals surface area contributed by atoms with Crippen molar-refractivity contribution in [3.63, 3.8) is 0 Å². The van der Waals surface area contributed by atoms with Crippen LogP contribution in [0.15, 0.2) is 61.1 Å². The van der Waals surface area contributed by atoms with Crippen LogP contribution in [0.5, 0.6) is 5.75 Å². The summed E-state index contributed by atoms with van der Waals surface area (Å²) in [6, 6.07) is 13.7. The topological polar surface area (TPSA) is 71.7 Å². The lowest BCUT2D eigenvalue weighted by Gasteiger charge is -2.10. The highest BCUT2D eigenvalue weighted by Crippen LogP contribution is 2.27. The van der Waals surface area contributed by atoms with Gasteiger partial charge in [0.2, 0.25) is 0 Å². The Morgan fingerprint density at radius 1 is 1.11 bits per heavy atom. The number of aliphatic hydroxyl groups is 1. The van der Waals surface area contributed by atoms with Crippen LogP contribution in [0.4, 0.5) is 11.5 Å². The molecule has 0 atom stereocenters. The zero-order valence-electron chi connectivity index (χ0n) is 15.2. The molecule has 0 amide bonds. The van der Waals surface area contributed by atoms with E-state index in [1.165, 1.54) is 0 Å². The van der Waals surface area contributed by atoms with E-state index in [2.05, 4.69) is 15.3 Å². The third-order valence-corrected chi connectivity index (χ3v) is 4.59. The summed E-state index contributed by atoms with van der Waals surface area (Å²) in [4.78, 5) is 9.00. The number of nitrogens with one attached hydrogen (secondary N) is 1. The zero-order chi connectivity index (χ0) is 18.8. The molecule has 0 spiro atoms. The SMILES string of the molecule is COc1ccc(-c2cnc3c(Nc4ccc(CO)c(C)c4)nccn23)cc1. The summed E-state index contributed by atoms with van der Waals surface area (Å²) in [5.74, 6) is 1.49. The Hall–Kier alpha value is -3.38. The first-order valence-corrected chi connectivity index (χ1v) is 8.63. The van der Waals surface area contributed by atoms with Crippen LogP contribution in [-0.2, 0) is 6.61 Å². The number of hydrogen-bond acceptors (Lipinski definition) is 5. The van der Waals surface area contributed by atoms with E-state index in [9.17, 15) is 5.11 Å². The maximum absolute atomic E-state index is 9.33. The molecule has 2 aromatic heterocycles. The van der Waals surface area contributed by atoms with E-state index in [1.54, 1.807) is 13.3 Å². The van der Waals surface area contributed by atoms with Crippen LogP contribution in [0, 0.1) is 6.92 Å². The highest BCUT2D eigenvalue weighted by molar-refractivity contribution is 5.74. The van der Waals surface area contributed by atoms with Gasteiger partial charge in [-0.15, -0.1) is 0 Å². The van der Waals surface area contributed by atoms with E-state index in [0.29, 0.717) is 5.82 Å². The van der Waals surface area contributed by atoms with Gasteiger partial charge in [-0.2, -0.15) is 0 Å². The molecule has 4 rings (SSSR count). The van der Waals surface area contributed by atoms with Crippen LogP contribution in [0.2, 0.25) is 0 Å². The molecule has 0 aliphatic rings. The van der Waals surface area contributed by atoms with Gasteiger partial charge in [-0.3, -0.25) is 4.40 Å². The molecule has 0 saturated carbocycles. The van der Waals surface area contributed by atoms with Crippen molar-refractivity contribution in [2.45, 2.75) is 13.5 Å². The second-order valence-corrected chi connectivity index (χ2v) is 6.27. The van der Waals surface area contributed by atoms with Gasteiger partial charge >= 0.3 is 0 Å². The molecule has 27 heavy (non-hydrogen) atoms. The van der Waals surface area contributed by atoms with Crippen molar-refractivity contribution in [3.05, 3.63) is 72.2 Å². The number of ether oxygens (including phenoxy) is 1. The van der Waals surface area contributed by atoms with E-state index in [0.717, 1.165) is 39.5 Å². The Kier molecular flexibility index (Phi) is 4.48. The first kappa shape index (κ1) is 17.1. The van der Waals surface area contributed by atoms with E-state index in [4.69, 9.17) is 4.74 Å². The standard InChI is InChI=1S/C21H20N4O2/c1-14-11-17(6-3-16(14)13-26)24-20-21-23-12-19(25(21)10-9-22-20)15-4-7-18(27-2)8-5-15/h3-12,26H,13H2,1-2H3,(H,22,24). The third-order valence-electron chi connectivity index (χ3n) is 4.59. The predicted molar refractivity (Wildman–Crippen MR) is 105 cm³/mol. The van der Waals surface area contributed by atoms with Crippen molar-refractivity contribution >= 4 is 17.2 Å². The van der Waals surface area contributed by atoms with E-state index in [1.807, 2.05) is 66.2 Å². The second-order valence-electron chi connectivity index (χ2n) is 6.27. The minimum absolute atomic E-state index is 0.0332. The first-order valence-electron chi connectivity index (χ1n) is 8.63. The van der Waals surface area contributed by atoms with Gasteiger partial charge in [-0.1, -0.05) is 6.07 Å². The third kappa shape index (κ3) is 3.22. The molecule has 0 saturated heterocycles. The summed E-state index contributed by atoms with van der Waals surface area (Å²) in [5.41, 5.74) is 5.60. The highest BCUT2D eigenvalue weighted by atomic mass is 16.5. The minimum atomic E-state index is 0.0332. The Labute approximate surface area is 157 Å². The number of anilines is 2.